The number of pyridine rings is 1. The van der Waals surface area contributed by atoms with Gasteiger partial charge in [-0.3, -0.25) is 15.1 Å². The highest BCUT2D eigenvalue weighted by atomic mass is 16.7. The number of aromatic nitrogens is 1. The molecule has 0 spiro atoms. The molecule has 0 atom stereocenters. The molecule has 1 aliphatic carbocycles. The summed E-state index contributed by atoms with van der Waals surface area (Å²) >= 11 is 0. The van der Waals surface area contributed by atoms with Crippen LogP contribution in [0.4, 0.5) is 5.69 Å². The number of non-ortho nitro benzene ring substituents is 1. The largest absolute Gasteiger partial charge is 0.467 e. The van der Waals surface area contributed by atoms with Gasteiger partial charge in [0, 0.05) is 34.3 Å². The number of hydrogen-bond acceptors (Lipinski definition) is 7. The van der Waals surface area contributed by atoms with Crippen LogP contribution in [0.25, 0.3) is 10.9 Å². The maximum absolute atomic E-state index is 13.2. The van der Waals surface area contributed by atoms with Crippen LogP contribution in [-0.4, -0.2) is 22.7 Å². The van der Waals surface area contributed by atoms with Gasteiger partial charge in [-0.25, -0.2) is 4.79 Å². The summed E-state index contributed by atoms with van der Waals surface area (Å²) in [5.41, 5.74) is 4.13. The monoisotopic (exact) mass is 420 g/mol. The Hall–Kier alpha value is -3.52. The first kappa shape index (κ1) is 19.4. The van der Waals surface area contributed by atoms with Crippen molar-refractivity contribution in [2.24, 2.45) is 0 Å². The summed E-state index contributed by atoms with van der Waals surface area (Å²) in [4.78, 5) is 28.8. The van der Waals surface area contributed by atoms with Gasteiger partial charge in [0.15, 0.2) is 6.79 Å². The fourth-order valence-electron chi connectivity index (χ4n) is 4.31. The van der Waals surface area contributed by atoms with E-state index in [1.807, 2.05) is 24.3 Å². The number of carbonyl (C=O) groups excluding carboxylic acids is 1. The third kappa shape index (κ3) is 3.59. The Kier molecular flexibility index (Phi) is 4.99. The fraction of sp³-hybridized carbons (Fsp3) is 0.304. The average Bonchev–Trinajstić information content (AvgIpc) is 2.80. The van der Waals surface area contributed by atoms with Crippen LogP contribution in [0.2, 0.25) is 0 Å². The summed E-state index contributed by atoms with van der Waals surface area (Å²) in [6, 6.07) is 10.4. The number of nitro groups is 1. The van der Waals surface area contributed by atoms with Crippen molar-refractivity contribution >= 4 is 22.6 Å². The molecular weight excluding hydrogens is 400 g/mol. The van der Waals surface area contributed by atoms with Gasteiger partial charge in [0.2, 0.25) is 0 Å². The number of para-hydroxylation sites is 1. The van der Waals surface area contributed by atoms with Gasteiger partial charge in [-0.1, -0.05) is 18.2 Å². The summed E-state index contributed by atoms with van der Waals surface area (Å²) in [5.74, 6) is 0.0235. The lowest BCUT2D eigenvalue weighted by Crippen LogP contribution is -2.17. The molecule has 0 saturated heterocycles. The second kappa shape index (κ2) is 7.96. The Morgan fingerprint density at radius 1 is 1.19 bits per heavy atom. The van der Waals surface area contributed by atoms with Crippen LogP contribution >= 0.6 is 0 Å². The van der Waals surface area contributed by atoms with Crippen LogP contribution in [0.15, 0.2) is 36.4 Å². The number of fused-ring (bicyclic) bond motifs is 3. The molecule has 0 bridgehead atoms. The van der Waals surface area contributed by atoms with Crippen molar-refractivity contribution in [1.82, 2.24) is 4.98 Å². The van der Waals surface area contributed by atoms with Crippen molar-refractivity contribution in [2.75, 3.05) is 6.79 Å². The predicted octanol–water partition coefficient (Wildman–Crippen LogP) is 4.25. The Labute approximate surface area is 177 Å². The van der Waals surface area contributed by atoms with Crippen molar-refractivity contribution in [2.45, 2.75) is 38.9 Å². The molecule has 0 radical (unpaired) electrons. The van der Waals surface area contributed by atoms with Crippen molar-refractivity contribution in [3.8, 4) is 5.75 Å². The van der Waals surface area contributed by atoms with Crippen molar-refractivity contribution in [3.05, 3.63) is 74.5 Å². The first-order chi connectivity index (χ1) is 15.1. The number of carbonyl (C=O) groups is 1. The minimum atomic E-state index is -0.479. The van der Waals surface area contributed by atoms with E-state index in [9.17, 15) is 14.9 Å². The zero-order chi connectivity index (χ0) is 21.4. The first-order valence-electron chi connectivity index (χ1n) is 10.2. The minimum Gasteiger partial charge on any atom is -0.467 e. The van der Waals surface area contributed by atoms with Crippen LogP contribution in [0.5, 0.6) is 5.75 Å². The molecule has 31 heavy (non-hydrogen) atoms. The summed E-state index contributed by atoms with van der Waals surface area (Å²) in [5, 5.41) is 12.1. The number of ether oxygens (including phenoxy) is 3. The molecule has 1 aliphatic heterocycles. The van der Waals surface area contributed by atoms with Crippen molar-refractivity contribution in [3.63, 3.8) is 0 Å². The highest BCUT2D eigenvalue weighted by Gasteiger charge is 2.25. The van der Waals surface area contributed by atoms with Gasteiger partial charge in [0.25, 0.3) is 5.69 Å². The smallest absolute Gasteiger partial charge is 0.339 e. The Morgan fingerprint density at radius 2 is 2.03 bits per heavy atom. The van der Waals surface area contributed by atoms with Crippen molar-refractivity contribution in [1.29, 1.82) is 0 Å². The Balaban J connectivity index is 1.50. The molecule has 2 aliphatic rings. The number of aryl methyl sites for hydroxylation is 1. The van der Waals surface area contributed by atoms with E-state index in [4.69, 9.17) is 19.2 Å². The standard InChI is InChI=1S/C23H20N2O6/c26-23(21-17-5-1-3-7-19(17)24-20-8-4-2-6-18(20)21)30-12-15-10-16(25(27)28)9-14-11-29-13-31-22(14)15/h1,3,5,7,9-10H,2,4,6,8,11-13H2. The molecule has 0 fully saturated rings. The molecule has 0 N–H and O–H groups in total. The van der Waals surface area contributed by atoms with Gasteiger partial charge >= 0.3 is 5.97 Å². The van der Waals surface area contributed by atoms with Crippen LogP contribution in [0.1, 0.15) is 45.6 Å². The normalized spacial score (nSPS) is 15.0. The summed E-state index contributed by atoms with van der Waals surface area (Å²) in [7, 11) is 0. The summed E-state index contributed by atoms with van der Waals surface area (Å²) in [6.45, 7) is 0.128. The maximum Gasteiger partial charge on any atom is 0.339 e. The van der Waals surface area contributed by atoms with E-state index < -0.39 is 10.9 Å². The lowest BCUT2D eigenvalue weighted by Gasteiger charge is -2.21. The third-order valence-electron chi connectivity index (χ3n) is 5.71. The number of nitrogens with zero attached hydrogens (tertiary/aromatic N) is 2. The lowest BCUT2D eigenvalue weighted by molar-refractivity contribution is -0.385. The highest BCUT2D eigenvalue weighted by molar-refractivity contribution is 6.05. The zero-order valence-corrected chi connectivity index (χ0v) is 16.8. The number of nitro benzene ring substituents is 1. The van der Waals surface area contributed by atoms with E-state index in [0.29, 0.717) is 22.4 Å². The molecule has 0 amide bonds. The van der Waals surface area contributed by atoms with E-state index in [1.54, 1.807) is 0 Å². The second-order valence-corrected chi connectivity index (χ2v) is 7.67. The van der Waals surface area contributed by atoms with E-state index in [2.05, 4.69) is 0 Å². The molecule has 2 aromatic carbocycles. The number of rotatable bonds is 4. The molecule has 3 aromatic rings. The maximum atomic E-state index is 13.2. The van der Waals surface area contributed by atoms with E-state index >= 15 is 0 Å². The molecular formula is C23H20N2O6. The molecule has 8 nitrogen and oxygen atoms in total. The molecule has 1 aromatic heterocycles. The van der Waals surface area contributed by atoms with Gasteiger partial charge in [-0.05, 0) is 37.3 Å². The average molecular weight is 420 g/mol. The molecule has 0 unspecified atom stereocenters. The summed E-state index contributed by atoms with van der Waals surface area (Å²) in [6.07, 6.45) is 3.67. The zero-order valence-electron chi connectivity index (χ0n) is 16.8. The molecule has 0 saturated carbocycles. The topological polar surface area (TPSA) is 101 Å². The highest BCUT2D eigenvalue weighted by Crippen LogP contribution is 2.34. The van der Waals surface area contributed by atoms with E-state index in [1.165, 1.54) is 12.1 Å². The van der Waals surface area contributed by atoms with Gasteiger partial charge in [-0.2, -0.15) is 0 Å². The Bertz CT molecular complexity index is 1210. The summed E-state index contributed by atoms with van der Waals surface area (Å²) < 4.78 is 16.5. The van der Waals surface area contributed by atoms with Gasteiger partial charge in [-0.15, -0.1) is 0 Å². The molecule has 2 heterocycles. The van der Waals surface area contributed by atoms with Crippen LogP contribution in [0.3, 0.4) is 0 Å². The number of benzene rings is 2. The Morgan fingerprint density at radius 3 is 2.90 bits per heavy atom. The van der Waals surface area contributed by atoms with Crippen LogP contribution in [-0.2, 0) is 35.5 Å². The molecule has 8 heteroatoms. The lowest BCUT2D eigenvalue weighted by atomic mass is 9.90. The quantitative estimate of drug-likeness (QED) is 0.353. The first-order valence-corrected chi connectivity index (χ1v) is 10.2. The fourth-order valence-corrected chi connectivity index (χ4v) is 4.31. The molecule has 5 rings (SSSR count). The SMILES string of the molecule is O=C(OCc1cc([N+](=O)[O-])cc2c1OCOC2)c1c2c(nc3ccccc13)CCCC2. The number of esters is 1. The number of hydrogen-bond donors (Lipinski definition) is 0. The van der Waals surface area contributed by atoms with E-state index in [0.717, 1.165) is 47.8 Å². The van der Waals surface area contributed by atoms with Crippen LogP contribution in [0, 0.1) is 10.1 Å². The van der Waals surface area contributed by atoms with E-state index in [-0.39, 0.29) is 25.7 Å². The molecule has 158 valence electrons. The van der Waals surface area contributed by atoms with Crippen LogP contribution < -0.4 is 4.74 Å². The minimum absolute atomic E-state index is 0.0499. The van der Waals surface area contributed by atoms with Gasteiger partial charge in [0.1, 0.15) is 12.4 Å². The van der Waals surface area contributed by atoms with Crippen molar-refractivity contribution < 1.29 is 23.9 Å². The second-order valence-electron chi connectivity index (χ2n) is 7.67. The third-order valence-corrected chi connectivity index (χ3v) is 5.71. The van der Waals surface area contributed by atoms with Gasteiger partial charge in [0.05, 0.1) is 22.6 Å². The predicted molar refractivity (Wildman–Crippen MR) is 111 cm³/mol. The van der Waals surface area contributed by atoms with Gasteiger partial charge < -0.3 is 14.2 Å².